The number of nitrogens with zero attached hydrogens (tertiary/aromatic N) is 2. The van der Waals surface area contributed by atoms with Crippen LogP contribution in [0.15, 0.2) is 283 Å². The Morgan fingerprint density at radius 1 is 0.312 bits per heavy atom. The van der Waals surface area contributed by atoms with Crippen LogP contribution >= 0.6 is 0 Å². The minimum absolute atomic E-state index is 0.584. The van der Waals surface area contributed by atoms with Gasteiger partial charge in [0.15, 0.2) is 0 Å². The van der Waals surface area contributed by atoms with E-state index < -0.39 is 10.8 Å². The number of benzene rings is 12. The summed E-state index contributed by atoms with van der Waals surface area (Å²) in [5.74, 6) is 0. The molecule has 2 aromatic heterocycles. The smallest absolute Gasteiger partial charge is 0.143 e. The third-order valence-corrected chi connectivity index (χ3v) is 17.5. The molecule has 358 valence electrons. The van der Waals surface area contributed by atoms with Gasteiger partial charge in [0.1, 0.15) is 11.2 Å². The molecule has 2 aliphatic carbocycles. The molecule has 0 saturated heterocycles. The number of anilines is 3. The summed E-state index contributed by atoms with van der Waals surface area (Å²) in [6.07, 6.45) is 0. The van der Waals surface area contributed by atoms with Crippen LogP contribution in [0.4, 0.5) is 17.1 Å². The zero-order chi connectivity index (χ0) is 50.4. The monoisotopic (exact) mass is 978 g/mol. The zero-order valence-corrected chi connectivity index (χ0v) is 41.9. The van der Waals surface area contributed by atoms with Crippen molar-refractivity contribution < 1.29 is 4.42 Å². The van der Waals surface area contributed by atoms with E-state index in [0.29, 0.717) is 0 Å². The average molecular weight is 979 g/mol. The molecule has 17 rings (SSSR count). The lowest BCUT2D eigenvalue weighted by atomic mass is 9.65. The fourth-order valence-electron chi connectivity index (χ4n) is 14.5. The maximum absolute atomic E-state index is 6.63. The molecule has 0 amide bonds. The van der Waals surface area contributed by atoms with Crippen LogP contribution in [-0.4, -0.2) is 4.57 Å². The number of fused-ring (bicyclic) bond motifs is 18. The molecule has 14 aromatic rings. The minimum Gasteiger partial charge on any atom is -0.455 e. The second-order valence-electron chi connectivity index (χ2n) is 21.0. The van der Waals surface area contributed by atoms with Crippen molar-refractivity contribution in [3.8, 4) is 39.1 Å². The SMILES string of the molecule is c1ccc(C2(c3ccccc3)c3ccccc3-c3ccc(N(c4ccc(-c5cccc6c5oc5ccccc56)cc4)c4cc5c6c(c4)c4ccccc4n6-c4ccccc4C54c5ccccc5-c5ccccc54)cc32)cc1. The van der Waals surface area contributed by atoms with Gasteiger partial charge in [0, 0.05) is 44.2 Å². The number of aromatic nitrogens is 1. The molecule has 0 atom stereocenters. The summed E-state index contributed by atoms with van der Waals surface area (Å²) in [6, 6.07) is 104. The van der Waals surface area contributed by atoms with Crippen molar-refractivity contribution in [1.82, 2.24) is 4.57 Å². The summed E-state index contributed by atoms with van der Waals surface area (Å²) < 4.78 is 9.18. The molecule has 3 nitrogen and oxygen atoms in total. The van der Waals surface area contributed by atoms with Gasteiger partial charge >= 0.3 is 0 Å². The Balaban J connectivity index is 0.974. The molecule has 0 radical (unpaired) electrons. The van der Waals surface area contributed by atoms with Gasteiger partial charge in [0.05, 0.1) is 27.6 Å². The number of hydrogen-bond donors (Lipinski definition) is 0. The summed E-state index contributed by atoms with van der Waals surface area (Å²) in [4.78, 5) is 2.53. The van der Waals surface area contributed by atoms with Crippen molar-refractivity contribution in [2.24, 2.45) is 0 Å². The van der Waals surface area contributed by atoms with Crippen molar-refractivity contribution >= 4 is 60.8 Å². The van der Waals surface area contributed by atoms with Crippen LogP contribution < -0.4 is 4.90 Å². The lowest BCUT2D eigenvalue weighted by Gasteiger charge is -2.40. The molecule has 0 fully saturated rings. The van der Waals surface area contributed by atoms with Crippen LogP contribution in [0.5, 0.6) is 0 Å². The Bertz CT molecular complexity index is 4670. The Morgan fingerprint density at radius 2 is 0.831 bits per heavy atom. The lowest BCUT2D eigenvalue weighted by molar-refractivity contribution is 0.670. The number of furan rings is 1. The van der Waals surface area contributed by atoms with Gasteiger partial charge in [-0.1, -0.05) is 224 Å². The summed E-state index contributed by atoms with van der Waals surface area (Å²) in [7, 11) is 0. The molecule has 3 aliphatic rings. The first-order chi connectivity index (χ1) is 38.2. The minimum atomic E-state index is -0.613. The third-order valence-electron chi connectivity index (χ3n) is 17.5. The molecular weight excluding hydrogens is 933 g/mol. The van der Waals surface area contributed by atoms with Crippen LogP contribution in [0, 0.1) is 0 Å². The van der Waals surface area contributed by atoms with Crippen molar-refractivity contribution in [3.05, 3.63) is 324 Å². The fourth-order valence-corrected chi connectivity index (χ4v) is 14.5. The predicted molar refractivity (Wildman–Crippen MR) is 316 cm³/mol. The number of para-hydroxylation sites is 4. The normalized spacial score (nSPS) is 13.9. The van der Waals surface area contributed by atoms with Crippen molar-refractivity contribution in [1.29, 1.82) is 0 Å². The summed E-state index contributed by atoms with van der Waals surface area (Å²) in [5.41, 5.74) is 24.9. The van der Waals surface area contributed by atoms with Gasteiger partial charge < -0.3 is 13.9 Å². The average Bonchev–Trinajstić information content (AvgIpc) is 3.40. The largest absolute Gasteiger partial charge is 0.455 e. The molecule has 12 aromatic carbocycles. The van der Waals surface area contributed by atoms with Gasteiger partial charge in [0.2, 0.25) is 0 Å². The fraction of sp³-hybridized carbons (Fsp3) is 0.0270. The molecule has 1 spiro atoms. The molecule has 0 unspecified atom stereocenters. The molecule has 0 bridgehead atoms. The first-order valence-corrected chi connectivity index (χ1v) is 26.7. The van der Waals surface area contributed by atoms with Crippen LogP contribution in [0.3, 0.4) is 0 Å². The Kier molecular flexibility index (Phi) is 8.69. The molecule has 0 saturated carbocycles. The topological polar surface area (TPSA) is 21.3 Å². The summed E-state index contributed by atoms with van der Waals surface area (Å²) in [5, 5.41) is 4.69. The van der Waals surface area contributed by atoms with E-state index >= 15 is 0 Å². The van der Waals surface area contributed by atoms with E-state index in [1.165, 1.54) is 94.3 Å². The third kappa shape index (κ3) is 5.54. The zero-order valence-electron chi connectivity index (χ0n) is 41.9. The van der Waals surface area contributed by atoms with Crippen LogP contribution in [0.25, 0.3) is 82.8 Å². The summed E-state index contributed by atoms with van der Waals surface area (Å²) >= 11 is 0. The van der Waals surface area contributed by atoms with Crippen LogP contribution in [0.1, 0.15) is 44.5 Å². The highest BCUT2D eigenvalue weighted by Gasteiger charge is 2.51. The maximum Gasteiger partial charge on any atom is 0.143 e. The Hall–Kier alpha value is -9.96. The van der Waals surface area contributed by atoms with Crippen molar-refractivity contribution in [2.45, 2.75) is 10.8 Å². The molecule has 3 heterocycles. The molecule has 3 heteroatoms. The van der Waals surface area contributed by atoms with Gasteiger partial charge in [-0.25, -0.2) is 0 Å². The van der Waals surface area contributed by atoms with Crippen molar-refractivity contribution in [3.63, 3.8) is 0 Å². The lowest BCUT2D eigenvalue weighted by Crippen LogP contribution is -2.33. The highest BCUT2D eigenvalue weighted by Crippen LogP contribution is 2.63. The number of rotatable bonds is 6. The van der Waals surface area contributed by atoms with Gasteiger partial charge in [-0.3, -0.25) is 0 Å². The van der Waals surface area contributed by atoms with E-state index in [2.05, 4.69) is 282 Å². The van der Waals surface area contributed by atoms with E-state index in [0.717, 1.165) is 50.1 Å². The number of hydrogen-bond acceptors (Lipinski definition) is 2. The predicted octanol–water partition coefficient (Wildman–Crippen LogP) is 18.9. The van der Waals surface area contributed by atoms with Gasteiger partial charge in [0.25, 0.3) is 0 Å². The molecule has 1 aliphatic heterocycles. The Morgan fingerprint density at radius 3 is 1.53 bits per heavy atom. The standard InChI is InChI=1S/C74H46N2O/c1-3-20-48(21-4-1)73(49-22-5-2-6-23-49)62-31-12-7-26-56(62)57-43-42-51(45-66(57)73)75(50-40-38-47(39-41-50)53-29-19-30-60-59-28-11-18-37-70(59)77-72(53)60)52-44-61-58-27-10-16-35-68(58)76-69-36-17-15-34-65(69)74(67(46-52)71(61)76)63-32-13-8-24-54(63)55-25-9-14-33-64(55)74/h1-46H. The Labute approximate surface area is 445 Å². The van der Waals surface area contributed by atoms with Crippen molar-refractivity contribution in [2.75, 3.05) is 4.90 Å². The highest BCUT2D eigenvalue weighted by atomic mass is 16.3. The molecule has 77 heavy (non-hydrogen) atoms. The molecular formula is C74H46N2O. The first-order valence-electron chi connectivity index (χ1n) is 26.7. The van der Waals surface area contributed by atoms with Gasteiger partial charge in [-0.15, -0.1) is 0 Å². The maximum atomic E-state index is 6.63. The quantitative estimate of drug-likeness (QED) is 0.166. The van der Waals surface area contributed by atoms with E-state index in [1.54, 1.807) is 0 Å². The first kappa shape index (κ1) is 42.4. The summed E-state index contributed by atoms with van der Waals surface area (Å²) in [6.45, 7) is 0. The van der Waals surface area contributed by atoms with Crippen LogP contribution in [0.2, 0.25) is 0 Å². The highest BCUT2D eigenvalue weighted by molar-refractivity contribution is 6.15. The van der Waals surface area contributed by atoms with E-state index in [-0.39, 0.29) is 0 Å². The van der Waals surface area contributed by atoms with E-state index in [9.17, 15) is 0 Å². The van der Waals surface area contributed by atoms with Gasteiger partial charge in [-0.2, -0.15) is 0 Å². The van der Waals surface area contributed by atoms with Crippen LogP contribution in [-0.2, 0) is 10.8 Å². The second-order valence-corrected chi connectivity index (χ2v) is 21.0. The van der Waals surface area contributed by atoms with E-state index in [1.807, 2.05) is 6.07 Å². The second kappa shape index (κ2) is 15.8. The molecule has 0 N–H and O–H groups in total. The van der Waals surface area contributed by atoms with E-state index in [4.69, 9.17) is 4.42 Å². The van der Waals surface area contributed by atoms with Gasteiger partial charge in [-0.05, 0) is 127 Å².